The van der Waals surface area contributed by atoms with Gasteiger partial charge in [-0.1, -0.05) is 19.6 Å². The molecule has 0 bridgehead atoms. The molecule has 0 aliphatic carbocycles. The van der Waals surface area contributed by atoms with E-state index in [1.54, 1.807) is 6.33 Å². The van der Waals surface area contributed by atoms with Gasteiger partial charge in [0.15, 0.2) is 0 Å². The zero-order valence-corrected chi connectivity index (χ0v) is 15.3. The molecule has 23 heavy (non-hydrogen) atoms. The molecule has 0 atom stereocenters. The minimum absolute atomic E-state index is 0.538. The van der Waals surface area contributed by atoms with Crippen molar-refractivity contribution in [3.63, 3.8) is 0 Å². The van der Waals surface area contributed by atoms with Crippen molar-refractivity contribution >= 4 is 19.1 Å². The van der Waals surface area contributed by atoms with E-state index in [1.807, 2.05) is 23.2 Å². The topological polar surface area (TPSA) is 55.7 Å². The highest BCUT2D eigenvalue weighted by atomic mass is 28.3. The molecular weight excluding hydrogens is 304 g/mol. The summed E-state index contributed by atoms with van der Waals surface area (Å²) in [6, 6.07) is 3.24. The van der Waals surface area contributed by atoms with E-state index >= 15 is 0 Å². The fourth-order valence-corrected chi connectivity index (χ4v) is 3.32. The van der Waals surface area contributed by atoms with Crippen molar-refractivity contribution in [3.8, 4) is 11.3 Å². The standard InChI is InChI=1S/C17H24N4OSi/c1-13-9-18-10-15(13)16-14-5-6-21(17(14)20-11-19-16)12-22-7-8-23(2,3)4/h5-6,9-11,18H,7-8,12H2,1-4H3. The first-order chi connectivity index (χ1) is 11.0. The molecule has 0 radical (unpaired) electrons. The maximum atomic E-state index is 5.85. The van der Waals surface area contributed by atoms with Gasteiger partial charge >= 0.3 is 0 Å². The van der Waals surface area contributed by atoms with Gasteiger partial charge < -0.3 is 14.3 Å². The van der Waals surface area contributed by atoms with Crippen molar-refractivity contribution < 1.29 is 4.74 Å². The highest BCUT2D eigenvalue weighted by molar-refractivity contribution is 6.76. The van der Waals surface area contributed by atoms with Crippen molar-refractivity contribution in [2.75, 3.05) is 6.61 Å². The van der Waals surface area contributed by atoms with Crippen molar-refractivity contribution in [2.45, 2.75) is 39.3 Å². The molecule has 0 unspecified atom stereocenters. The lowest BCUT2D eigenvalue weighted by Crippen LogP contribution is -2.22. The molecule has 122 valence electrons. The van der Waals surface area contributed by atoms with Crippen LogP contribution in [0.2, 0.25) is 25.7 Å². The van der Waals surface area contributed by atoms with Crippen LogP contribution >= 0.6 is 0 Å². The number of ether oxygens (including phenoxy) is 1. The third-order valence-electron chi connectivity index (χ3n) is 3.99. The Hall–Kier alpha value is -1.92. The second-order valence-corrected chi connectivity index (χ2v) is 12.8. The Bertz CT molecular complexity index is 800. The number of hydrogen-bond donors (Lipinski definition) is 1. The Kier molecular flexibility index (Phi) is 4.36. The van der Waals surface area contributed by atoms with Crippen LogP contribution in [-0.2, 0) is 11.5 Å². The summed E-state index contributed by atoms with van der Waals surface area (Å²) in [7, 11) is -1.05. The van der Waals surface area contributed by atoms with Gasteiger partial charge in [0.2, 0.25) is 0 Å². The zero-order valence-electron chi connectivity index (χ0n) is 14.3. The fourth-order valence-electron chi connectivity index (χ4n) is 2.56. The molecule has 0 aliphatic heterocycles. The minimum atomic E-state index is -1.05. The zero-order chi connectivity index (χ0) is 16.4. The number of fused-ring (bicyclic) bond motifs is 1. The highest BCUT2D eigenvalue weighted by Gasteiger charge is 2.14. The average molecular weight is 328 g/mol. The number of nitrogens with zero attached hydrogens (tertiary/aromatic N) is 3. The maximum absolute atomic E-state index is 5.85. The van der Waals surface area contributed by atoms with E-state index < -0.39 is 8.07 Å². The van der Waals surface area contributed by atoms with Gasteiger partial charge in [0.25, 0.3) is 0 Å². The SMILES string of the molecule is Cc1c[nH]cc1-c1ncnc2c1ccn2COCC[Si](C)(C)C. The van der Waals surface area contributed by atoms with Gasteiger partial charge in [-0.05, 0) is 24.6 Å². The van der Waals surface area contributed by atoms with Crippen LogP contribution in [0, 0.1) is 6.92 Å². The maximum Gasteiger partial charge on any atom is 0.145 e. The number of hydrogen-bond acceptors (Lipinski definition) is 3. The lowest BCUT2D eigenvalue weighted by atomic mass is 10.1. The molecule has 3 heterocycles. The van der Waals surface area contributed by atoms with Gasteiger partial charge in [-0.3, -0.25) is 0 Å². The Morgan fingerprint density at radius 3 is 2.74 bits per heavy atom. The molecule has 0 saturated heterocycles. The highest BCUT2D eigenvalue weighted by Crippen LogP contribution is 2.28. The van der Waals surface area contributed by atoms with Crippen LogP contribution in [0.3, 0.4) is 0 Å². The summed E-state index contributed by atoms with van der Waals surface area (Å²) < 4.78 is 7.90. The lowest BCUT2D eigenvalue weighted by molar-refractivity contribution is 0.0899. The molecule has 0 saturated carbocycles. The summed E-state index contributed by atoms with van der Waals surface area (Å²) in [4.78, 5) is 12.0. The third kappa shape index (κ3) is 3.54. The van der Waals surface area contributed by atoms with Crippen molar-refractivity contribution in [1.29, 1.82) is 0 Å². The second kappa shape index (κ2) is 6.29. The number of aryl methyl sites for hydroxylation is 1. The predicted octanol–water partition coefficient (Wildman–Crippen LogP) is 4.05. The molecule has 3 aromatic heterocycles. The molecule has 0 aromatic carbocycles. The number of H-pyrrole nitrogens is 1. The summed E-state index contributed by atoms with van der Waals surface area (Å²) in [5.74, 6) is 0. The Morgan fingerprint density at radius 2 is 2.04 bits per heavy atom. The molecule has 0 amide bonds. The third-order valence-corrected chi connectivity index (χ3v) is 5.69. The van der Waals surface area contributed by atoms with E-state index in [-0.39, 0.29) is 0 Å². The first-order valence-electron chi connectivity index (χ1n) is 7.97. The van der Waals surface area contributed by atoms with E-state index in [4.69, 9.17) is 4.74 Å². The Morgan fingerprint density at radius 1 is 1.22 bits per heavy atom. The van der Waals surface area contributed by atoms with Crippen LogP contribution in [0.15, 0.2) is 31.0 Å². The van der Waals surface area contributed by atoms with Crippen LogP contribution in [0.5, 0.6) is 0 Å². The van der Waals surface area contributed by atoms with Gasteiger partial charge in [0.1, 0.15) is 18.7 Å². The number of aromatic amines is 1. The van der Waals surface area contributed by atoms with Crippen LogP contribution in [0.1, 0.15) is 5.56 Å². The smallest absolute Gasteiger partial charge is 0.145 e. The largest absolute Gasteiger partial charge is 0.367 e. The van der Waals surface area contributed by atoms with Gasteiger partial charge in [-0.2, -0.15) is 0 Å². The van der Waals surface area contributed by atoms with Gasteiger partial charge in [0, 0.05) is 44.2 Å². The number of rotatable bonds is 6. The quantitative estimate of drug-likeness (QED) is 0.548. The molecule has 5 nitrogen and oxygen atoms in total. The molecular formula is C17H24N4OSi. The number of nitrogens with one attached hydrogen (secondary N) is 1. The molecule has 3 aromatic rings. The van der Waals surface area contributed by atoms with Crippen molar-refractivity contribution in [2.24, 2.45) is 0 Å². The number of aromatic nitrogens is 4. The molecule has 0 aliphatic rings. The predicted molar refractivity (Wildman–Crippen MR) is 96.2 cm³/mol. The molecule has 6 heteroatoms. The summed E-state index contributed by atoms with van der Waals surface area (Å²) in [6.07, 6.45) is 7.63. The molecule has 0 spiro atoms. The summed E-state index contributed by atoms with van der Waals surface area (Å²) in [5, 5.41) is 1.06. The van der Waals surface area contributed by atoms with Crippen molar-refractivity contribution in [3.05, 3.63) is 36.5 Å². The van der Waals surface area contributed by atoms with E-state index in [2.05, 4.69) is 47.6 Å². The van der Waals surface area contributed by atoms with Crippen LogP contribution in [-0.4, -0.2) is 34.2 Å². The van der Waals surface area contributed by atoms with Gasteiger partial charge in [0.05, 0.1) is 5.69 Å². The second-order valence-electron chi connectivity index (χ2n) is 7.15. The van der Waals surface area contributed by atoms with E-state index in [9.17, 15) is 0 Å². The average Bonchev–Trinajstić information content (AvgIpc) is 3.09. The van der Waals surface area contributed by atoms with Crippen LogP contribution in [0.25, 0.3) is 22.3 Å². The Labute approximate surface area is 137 Å². The van der Waals surface area contributed by atoms with Crippen LogP contribution in [0.4, 0.5) is 0 Å². The lowest BCUT2D eigenvalue weighted by Gasteiger charge is -2.15. The van der Waals surface area contributed by atoms with Crippen LogP contribution < -0.4 is 0 Å². The Balaban J connectivity index is 1.81. The first-order valence-corrected chi connectivity index (χ1v) is 11.7. The molecule has 0 fully saturated rings. The summed E-state index contributed by atoms with van der Waals surface area (Å²) in [6.45, 7) is 10.5. The summed E-state index contributed by atoms with van der Waals surface area (Å²) >= 11 is 0. The van der Waals surface area contributed by atoms with E-state index in [0.717, 1.165) is 28.9 Å². The van der Waals surface area contributed by atoms with E-state index in [0.29, 0.717) is 6.73 Å². The van der Waals surface area contributed by atoms with E-state index in [1.165, 1.54) is 11.6 Å². The molecule has 3 rings (SSSR count). The van der Waals surface area contributed by atoms with Crippen molar-refractivity contribution in [1.82, 2.24) is 19.5 Å². The van der Waals surface area contributed by atoms with Gasteiger partial charge in [-0.25, -0.2) is 9.97 Å². The fraction of sp³-hybridized carbons (Fsp3) is 0.412. The summed E-state index contributed by atoms with van der Waals surface area (Å²) in [5.41, 5.74) is 4.19. The van der Waals surface area contributed by atoms with Gasteiger partial charge in [-0.15, -0.1) is 0 Å². The monoisotopic (exact) mass is 328 g/mol. The minimum Gasteiger partial charge on any atom is -0.367 e. The first kappa shape index (κ1) is 16.0. The normalized spacial score (nSPS) is 12.2. The molecule has 1 N–H and O–H groups in total.